The number of methoxy groups -OCH3 is 1. The van der Waals surface area contributed by atoms with Crippen molar-refractivity contribution >= 4 is 0 Å². The molecule has 2 heterocycles. The SMILES string of the molecule is COc1ccc(-c2cc(CO)c(=O)[nH]c2-c2ccncc2)cc1. The highest BCUT2D eigenvalue weighted by Crippen LogP contribution is 2.30. The highest BCUT2D eigenvalue weighted by Gasteiger charge is 2.12. The first-order valence-electron chi connectivity index (χ1n) is 7.15. The van der Waals surface area contributed by atoms with Crippen LogP contribution in [-0.2, 0) is 6.61 Å². The van der Waals surface area contributed by atoms with Crippen molar-refractivity contribution in [2.45, 2.75) is 6.61 Å². The van der Waals surface area contributed by atoms with E-state index in [4.69, 9.17) is 4.74 Å². The van der Waals surface area contributed by atoms with Gasteiger partial charge in [0.2, 0.25) is 0 Å². The van der Waals surface area contributed by atoms with Crippen LogP contribution in [0, 0.1) is 0 Å². The molecule has 2 N–H and O–H groups in total. The third-order valence-corrected chi connectivity index (χ3v) is 3.66. The Morgan fingerprint density at radius 3 is 2.39 bits per heavy atom. The fourth-order valence-corrected chi connectivity index (χ4v) is 2.44. The minimum atomic E-state index is -0.310. The van der Waals surface area contributed by atoms with Crippen molar-refractivity contribution in [3.05, 3.63) is 70.8 Å². The molecule has 0 saturated carbocycles. The molecular formula is C18H16N2O3. The minimum Gasteiger partial charge on any atom is -0.497 e. The number of ether oxygens (including phenoxy) is 1. The van der Waals surface area contributed by atoms with Crippen molar-refractivity contribution in [2.24, 2.45) is 0 Å². The lowest BCUT2D eigenvalue weighted by Gasteiger charge is -2.12. The highest BCUT2D eigenvalue weighted by atomic mass is 16.5. The molecule has 0 saturated heterocycles. The number of H-pyrrole nitrogens is 1. The summed E-state index contributed by atoms with van der Waals surface area (Å²) in [5.74, 6) is 0.756. The molecule has 5 nitrogen and oxygen atoms in total. The summed E-state index contributed by atoms with van der Waals surface area (Å²) < 4.78 is 5.18. The largest absolute Gasteiger partial charge is 0.497 e. The smallest absolute Gasteiger partial charge is 0.253 e. The number of rotatable bonds is 4. The van der Waals surface area contributed by atoms with Gasteiger partial charge in [0, 0.05) is 29.1 Å². The summed E-state index contributed by atoms with van der Waals surface area (Å²) in [5.41, 5.74) is 3.34. The first-order chi connectivity index (χ1) is 11.2. The van der Waals surface area contributed by atoms with Gasteiger partial charge >= 0.3 is 0 Å². The van der Waals surface area contributed by atoms with Crippen LogP contribution in [0.15, 0.2) is 59.7 Å². The van der Waals surface area contributed by atoms with Gasteiger partial charge in [0.05, 0.1) is 19.4 Å². The lowest BCUT2D eigenvalue weighted by Crippen LogP contribution is -2.14. The van der Waals surface area contributed by atoms with E-state index in [0.717, 1.165) is 22.4 Å². The molecule has 3 rings (SSSR count). The standard InChI is InChI=1S/C18H16N2O3/c1-23-15-4-2-12(3-5-15)16-10-14(11-21)18(22)20-17(16)13-6-8-19-9-7-13/h2-10,21H,11H2,1H3,(H,20,22). The van der Waals surface area contributed by atoms with Gasteiger partial charge in [-0.05, 0) is 35.9 Å². The van der Waals surface area contributed by atoms with Crippen LogP contribution >= 0.6 is 0 Å². The van der Waals surface area contributed by atoms with Crippen molar-refractivity contribution in [1.29, 1.82) is 0 Å². The normalized spacial score (nSPS) is 10.5. The third-order valence-electron chi connectivity index (χ3n) is 3.66. The molecule has 0 atom stereocenters. The van der Waals surface area contributed by atoms with Crippen LogP contribution in [0.4, 0.5) is 0 Å². The van der Waals surface area contributed by atoms with Gasteiger partial charge in [-0.2, -0.15) is 0 Å². The number of hydrogen-bond donors (Lipinski definition) is 2. The number of nitrogens with one attached hydrogen (secondary N) is 1. The maximum Gasteiger partial charge on any atom is 0.253 e. The molecular weight excluding hydrogens is 292 g/mol. The van der Waals surface area contributed by atoms with Crippen LogP contribution in [0.5, 0.6) is 5.75 Å². The van der Waals surface area contributed by atoms with Gasteiger partial charge in [-0.15, -0.1) is 0 Å². The minimum absolute atomic E-state index is 0.295. The number of hydrogen-bond acceptors (Lipinski definition) is 4. The highest BCUT2D eigenvalue weighted by molar-refractivity contribution is 5.81. The van der Waals surface area contributed by atoms with E-state index in [0.29, 0.717) is 11.3 Å². The number of nitrogens with zero attached hydrogens (tertiary/aromatic N) is 1. The number of aromatic nitrogens is 2. The fourth-order valence-electron chi connectivity index (χ4n) is 2.44. The number of pyridine rings is 2. The van der Waals surface area contributed by atoms with Crippen LogP contribution < -0.4 is 10.3 Å². The summed E-state index contributed by atoms with van der Waals surface area (Å²) in [5, 5.41) is 9.38. The van der Waals surface area contributed by atoms with Gasteiger partial charge in [0.25, 0.3) is 5.56 Å². The number of aromatic amines is 1. The Bertz CT molecular complexity index is 856. The third kappa shape index (κ3) is 3.00. The summed E-state index contributed by atoms with van der Waals surface area (Å²) in [6.45, 7) is -0.310. The van der Waals surface area contributed by atoms with E-state index in [1.165, 1.54) is 0 Å². The van der Waals surface area contributed by atoms with E-state index in [-0.39, 0.29) is 12.2 Å². The number of aliphatic hydroxyl groups is 1. The van der Waals surface area contributed by atoms with Crippen LogP contribution in [0.1, 0.15) is 5.56 Å². The molecule has 0 aliphatic rings. The van der Waals surface area contributed by atoms with Gasteiger partial charge in [0.1, 0.15) is 5.75 Å². The summed E-state index contributed by atoms with van der Waals surface area (Å²) in [6.07, 6.45) is 3.34. The Hall–Kier alpha value is -2.92. The van der Waals surface area contributed by atoms with Crippen molar-refractivity contribution in [3.63, 3.8) is 0 Å². The lowest BCUT2D eigenvalue weighted by atomic mass is 9.98. The summed E-state index contributed by atoms with van der Waals surface area (Å²) >= 11 is 0. The van der Waals surface area contributed by atoms with Crippen LogP contribution in [-0.4, -0.2) is 22.2 Å². The summed E-state index contributed by atoms with van der Waals surface area (Å²) in [6, 6.07) is 12.9. The van der Waals surface area contributed by atoms with Crippen molar-refractivity contribution in [2.75, 3.05) is 7.11 Å². The molecule has 0 aliphatic heterocycles. The van der Waals surface area contributed by atoms with Crippen LogP contribution in [0.3, 0.4) is 0 Å². The van der Waals surface area contributed by atoms with E-state index in [9.17, 15) is 9.90 Å². The first kappa shape index (κ1) is 15.0. The van der Waals surface area contributed by atoms with Gasteiger partial charge in [-0.25, -0.2) is 0 Å². The Kier molecular flexibility index (Phi) is 4.21. The van der Waals surface area contributed by atoms with Crippen molar-refractivity contribution < 1.29 is 9.84 Å². The average Bonchev–Trinajstić information content (AvgIpc) is 2.62. The molecule has 0 unspecified atom stereocenters. The molecule has 0 bridgehead atoms. The monoisotopic (exact) mass is 308 g/mol. The summed E-state index contributed by atoms with van der Waals surface area (Å²) in [7, 11) is 1.61. The zero-order valence-corrected chi connectivity index (χ0v) is 12.6. The molecule has 116 valence electrons. The van der Waals surface area contributed by atoms with Gasteiger partial charge in [0.15, 0.2) is 0 Å². The molecule has 2 aromatic heterocycles. The Balaban J connectivity index is 2.22. The predicted molar refractivity (Wildman–Crippen MR) is 88.2 cm³/mol. The molecule has 0 spiro atoms. The fraction of sp³-hybridized carbons (Fsp3) is 0.111. The topological polar surface area (TPSA) is 75.2 Å². The van der Waals surface area contributed by atoms with Crippen molar-refractivity contribution in [3.8, 4) is 28.1 Å². The second-order valence-electron chi connectivity index (χ2n) is 5.03. The van der Waals surface area contributed by atoms with Crippen LogP contribution in [0.25, 0.3) is 22.4 Å². The molecule has 1 aromatic carbocycles. The first-order valence-corrected chi connectivity index (χ1v) is 7.15. The second-order valence-corrected chi connectivity index (χ2v) is 5.03. The molecule has 0 aliphatic carbocycles. The molecule has 23 heavy (non-hydrogen) atoms. The molecule has 0 radical (unpaired) electrons. The molecule has 5 heteroatoms. The molecule has 0 fully saturated rings. The Labute approximate surface area is 133 Å². The van der Waals surface area contributed by atoms with Crippen molar-refractivity contribution in [1.82, 2.24) is 9.97 Å². The summed E-state index contributed by atoms with van der Waals surface area (Å²) in [4.78, 5) is 18.9. The van der Waals surface area contributed by atoms with E-state index in [2.05, 4.69) is 9.97 Å². The van der Waals surface area contributed by atoms with E-state index in [1.54, 1.807) is 25.6 Å². The quantitative estimate of drug-likeness (QED) is 0.777. The number of aliphatic hydroxyl groups excluding tert-OH is 1. The molecule has 0 amide bonds. The molecule has 3 aromatic rings. The second kappa shape index (κ2) is 6.46. The van der Waals surface area contributed by atoms with E-state index >= 15 is 0 Å². The van der Waals surface area contributed by atoms with Crippen LogP contribution in [0.2, 0.25) is 0 Å². The maximum absolute atomic E-state index is 12.1. The zero-order valence-electron chi connectivity index (χ0n) is 12.6. The predicted octanol–water partition coefficient (Wildman–Crippen LogP) is 2.60. The van der Waals surface area contributed by atoms with E-state index in [1.807, 2.05) is 36.4 Å². The Morgan fingerprint density at radius 2 is 1.78 bits per heavy atom. The number of benzene rings is 1. The van der Waals surface area contributed by atoms with Gasteiger partial charge in [-0.1, -0.05) is 12.1 Å². The van der Waals surface area contributed by atoms with Gasteiger partial charge < -0.3 is 14.8 Å². The maximum atomic E-state index is 12.1. The Morgan fingerprint density at radius 1 is 1.09 bits per heavy atom. The van der Waals surface area contributed by atoms with Gasteiger partial charge in [-0.3, -0.25) is 9.78 Å². The van der Waals surface area contributed by atoms with E-state index < -0.39 is 0 Å². The lowest BCUT2D eigenvalue weighted by molar-refractivity contribution is 0.280. The average molecular weight is 308 g/mol. The zero-order chi connectivity index (χ0) is 16.2.